The molecule has 0 aliphatic heterocycles. The van der Waals surface area contributed by atoms with Crippen molar-refractivity contribution in [1.82, 2.24) is 10.3 Å². The average molecular weight is 226 g/mol. The Morgan fingerprint density at radius 2 is 2.27 bits per heavy atom. The Hall–Kier alpha value is -0.450. The van der Waals surface area contributed by atoms with Crippen molar-refractivity contribution in [1.29, 1.82) is 0 Å². The molecule has 1 fully saturated rings. The van der Waals surface area contributed by atoms with Crippen LogP contribution in [0.25, 0.3) is 0 Å². The number of hydrogen-bond acceptors (Lipinski definition) is 4. The Labute approximate surface area is 94.5 Å². The molecule has 15 heavy (non-hydrogen) atoms. The maximum Gasteiger partial charge on any atom is 0.0897 e. The minimum absolute atomic E-state index is 0.0302. The summed E-state index contributed by atoms with van der Waals surface area (Å²) in [5.41, 5.74) is 1.06. The van der Waals surface area contributed by atoms with Gasteiger partial charge in [-0.25, -0.2) is 4.98 Å². The first-order valence-corrected chi connectivity index (χ1v) is 6.39. The van der Waals surface area contributed by atoms with Crippen LogP contribution < -0.4 is 5.32 Å². The summed E-state index contributed by atoms with van der Waals surface area (Å²) < 4.78 is 0. The molecule has 2 rings (SSSR count). The number of aryl methyl sites for hydroxylation is 1. The molecule has 0 aromatic carbocycles. The van der Waals surface area contributed by atoms with Crippen molar-refractivity contribution in [3.8, 4) is 0 Å². The quantitative estimate of drug-likeness (QED) is 0.823. The van der Waals surface area contributed by atoms with Gasteiger partial charge in [0.25, 0.3) is 0 Å². The van der Waals surface area contributed by atoms with Gasteiger partial charge in [0.1, 0.15) is 0 Å². The summed E-state index contributed by atoms with van der Waals surface area (Å²) in [5.74, 6) is 0. The van der Waals surface area contributed by atoms with Gasteiger partial charge >= 0.3 is 0 Å². The summed E-state index contributed by atoms with van der Waals surface area (Å²) in [6.07, 6.45) is 4.63. The fourth-order valence-electron chi connectivity index (χ4n) is 2.21. The van der Waals surface area contributed by atoms with Gasteiger partial charge in [-0.3, -0.25) is 0 Å². The summed E-state index contributed by atoms with van der Waals surface area (Å²) in [6, 6.07) is 0. The van der Waals surface area contributed by atoms with E-state index >= 15 is 0 Å². The number of hydrogen-bond donors (Lipinski definition) is 2. The minimum Gasteiger partial charge on any atom is -0.394 e. The van der Waals surface area contributed by atoms with Crippen LogP contribution in [-0.4, -0.2) is 22.2 Å². The van der Waals surface area contributed by atoms with Crippen molar-refractivity contribution in [2.24, 2.45) is 0 Å². The Kier molecular flexibility index (Phi) is 3.38. The minimum atomic E-state index is -0.0302. The van der Waals surface area contributed by atoms with Gasteiger partial charge in [-0.2, -0.15) is 0 Å². The highest BCUT2D eigenvalue weighted by Crippen LogP contribution is 2.29. The molecule has 3 nitrogen and oxygen atoms in total. The van der Waals surface area contributed by atoms with Crippen molar-refractivity contribution >= 4 is 11.3 Å². The standard InChI is InChI=1S/C11H18N2OS/c1-9-13-10(7-15-9)6-12-11(8-14)4-2-3-5-11/h7,12,14H,2-6,8H2,1H3. The highest BCUT2D eigenvalue weighted by atomic mass is 32.1. The lowest BCUT2D eigenvalue weighted by molar-refractivity contribution is 0.162. The summed E-state index contributed by atoms with van der Waals surface area (Å²) in [7, 11) is 0. The number of nitrogens with zero attached hydrogens (tertiary/aromatic N) is 1. The fourth-order valence-corrected chi connectivity index (χ4v) is 2.82. The second-order valence-electron chi connectivity index (χ2n) is 4.36. The van der Waals surface area contributed by atoms with Crippen molar-refractivity contribution in [2.75, 3.05) is 6.61 Å². The Bertz CT molecular complexity index is 318. The predicted molar refractivity (Wildman–Crippen MR) is 62.0 cm³/mol. The van der Waals surface area contributed by atoms with Crippen LogP contribution in [0, 0.1) is 6.92 Å². The summed E-state index contributed by atoms with van der Waals surface area (Å²) in [6.45, 7) is 3.05. The molecule has 1 heterocycles. The molecule has 1 aromatic heterocycles. The highest BCUT2D eigenvalue weighted by molar-refractivity contribution is 7.09. The smallest absolute Gasteiger partial charge is 0.0897 e. The van der Waals surface area contributed by atoms with Crippen LogP contribution in [0.4, 0.5) is 0 Å². The molecule has 0 atom stereocenters. The van der Waals surface area contributed by atoms with Crippen molar-refractivity contribution in [2.45, 2.75) is 44.7 Å². The Morgan fingerprint density at radius 1 is 1.53 bits per heavy atom. The largest absolute Gasteiger partial charge is 0.394 e. The van der Waals surface area contributed by atoms with Crippen LogP contribution in [-0.2, 0) is 6.54 Å². The molecular weight excluding hydrogens is 208 g/mol. The molecule has 0 spiro atoms. The molecule has 4 heteroatoms. The second kappa shape index (κ2) is 4.60. The molecule has 1 saturated carbocycles. The first-order chi connectivity index (χ1) is 7.24. The van der Waals surface area contributed by atoms with E-state index in [2.05, 4.69) is 15.7 Å². The van der Waals surface area contributed by atoms with Crippen molar-refractivity contribution in [3.63, 3.8) is 0 Å². The zero-order chi connectivity index (χ0) is 10.7. The van der Waals surface area contributed by atoms with Gasteiger partial charge in [0.15, 0.2) is 0 Å². The van der Waals surface area contributed by atoms with E-state index in [1.165, 1.54) is 12.8 Å². The van der Waals surface area contributed by atoms with E-state index in [9.17, 15) is 5.11 Å². The van der Waals surface area contributed by atoms with Gasteiger partial charge in [-0.1, -0.05) is 12.8 Å². The van der Waals surface area contributed by atoms with Crippen molar-refractivity contribution < 1.29 is 5.11 Å². The van der Waals surface area contributed by atoms with Gasteiger partial charge in [-0.05, 0) is 19.8 Å². The maximum absolute atomic E-state index is 9.42. The van der Waals surface area contributed by atoms with E-state index in [1.54, 1.807) is 11.3 Å². The van der Waals surface area contributed by atoms with E-state index in [0.29, 0.717) is 0 Å². The topological polar surface area (TPSA) is 45.2 Å². The van der Waals surface area contributed by atoms with Gasteiger partial charge in [-0.15, -0.1) is 11.3 Å². The Morgan fingerprint density at radius 3 is 2.80 bits per heavy atom. The molecule has 0 bridgehead atoms. The third-order valence-corrected chi connectivity index (χ3v) is 4.00. The molecule has 0 radical (unpaired) electrons. The number of aliphatic hydroxyl groups is 1. The molecule has 1 aromatic rings. The SMILES string of the molecule is Cc1nc(CNC2(CO)CCCC2)cs1. The Balaban J connectivity index is 1.91. The monoisotopic (exact) mass is 226 g/mol. The molecule has 0 amide bonds. The molecular formula is C11H18N2OS. The molecule has 84 valence electrons. The summed E-state index contributed by atoms with van der Waals surface area (Å²) in [5, 5.41) is 16.1. The predicted octanol–water partition coefficient (Wildman–Crippen LogP) is 1.85. The van der Waals surface area contributed by atoms with Gasteiger partial charge < -0.3 is 10.4 Å². The van der Waals surface area contributed by atoms with Crippen LogP contribution in [0.5, 0.6) is 0 Å². The van der Waals surface area contributed by atoms with E-state index in [-0.39, 0.29) is 12.1 Å². The molecule has 1 aliphatic rings. The zero-order valence-electron chi connectivity index (χ0n) is 9.12. The van der Waals surface area contributed by atoms with E-state index in [4.69, 9.17) is 0 Å². The third-order valence-electron chi connectivity index (χ3n) is 3.17. The molecule has 0 saturated heterocycles. The lowest BCUT2D eigenvalue weighted by atomic mass is 9.99. The molecule has 0 unspecified atom stereocenters. The summed E-state index contributed by atoms with van der Waals surface area (Å²) in [4.78, 5) is 4.41. The first kappa shape index (κ1) is 11.0. The number of nitrogens with one attached hydrogen (secondary N) is 1. The average Bonchev–Trinajstić information content (AvgIpc) is 2.85. The lowest BCUT2D eigenvalue weighted by Crippen LogP contribution is -2.45. The fraction of sp³-hybridized carbons (Fsp3) is 0.727. The van der Waals surface area contributed by atoms with Crippen LogP contribution >= 0.6 is 11.3 Å². The lowest BCUT2D eigenvalue weighted by Gasteiger charge is -2.27. The van der Waals surface area contributed by atoms with Crippen LogP contribution in [0.1, 0.15) is 36.4 Å². The third kappa shape index (κ3) is 2.56. The molecule has 1 aliphatic carbocycles. The number of aromatic nitrogens is 1. The molecule has 2 N–H and O–H groups in total. The number of rotatable bonds is 4. The van der Waals surface area contributed by atoms with E-state index in [0.717, 1.165) is 30.1 Å². The van der Waals surface area contributed by atoms with Gasteiger partial charge in [0.05, 0.1) is 17.3 Å². The maximum atomic E-state index is 9.42. The van der Waals surface area contributed by atoms with Gasteiger partial charge in [0.2, 0.25) is 0 Å². The van der Waals surface area contributed by atoms with Crippen LogP contribution in [0.15, 0.2) is 5.38 Å². The zero-order valence-corrected chi connectivity index (χ0v) is 9.94. The second-order valence-corrected chi connectivity index (χ2v) is 5.42. The van der Waals surface area contributed by atoms with Crippen LogP contribution in [0.3, 0.4) is 0 Å². The van der Waals surface area contributed by atoms with Gasteiger partial charge in [0, 0.05) is 17.5 Å². The van der Waals surface area contributed by atoms with Crippen molar-refractivity contribution in [3.05, 3.63) is 16.1 Å². The highest BCUT2D eigenvalue weighted by Gasteiger charge is 2.32. The van der Waals surface area contributed by atoms with E-state index in [1.807, 2.05) is 6.92 Å². The summed E-state index contributed by atoms with van der Waals surface area (Å²) >= 11 is 1.68. The first-order valence-electron chi connectivity index (χ1n) is 5.51. The normalized spacial score (nSPS) is 19.6. The number of aliphatic hydroxyl groups excluding tert-OH is 1. The van der Waals surface area contributed by atoms with E-state index < -0.39 is 0 Å². The number of thiazole rings is 1. The van der Waals surface area contributed by atoms with Crippen LogP contribution in [0.2, 0.25) is 0 Å².